The van der Waals surface area contributed by atoms with Gasteiger partial charge in [-0.1, -0.05) is 13.8 Å². The van der Waals surface area contributed by atoms with Gasteiger partial charge < -0.3 is 15.7 Å². The number of likely N-dealkylation sites (tertiary alicyclic amines) is 1. The van der Waals surface area contributed by atoms with Gasteiger partial charge in [-0.25, -0.2) is 0 Å². The highest BCUT2D eigenvalue weighted by molar-refractivity contribution is 5.02. The van der Waals surface area contributed by atoms with E-state index in [1.54, 1.807) is 0 Å². The van der Waals surface area contributed by atoms with Gasteiger partial charge in [0, 0.05) is 12.6 Å². The van der Waals surface area contributed by atoms with E-state index in [9.17, 15) is 5.11 Å². The van der Waals surface area contributed by atoms with E-state index < -0.39 is 0 Å². The molecule has 2 atom stereocenters. The van der Waals surface area contributed by atoms with Crippen molar-refractivity contribution in [2.45, 2.75) is 38.3 Å². The quantitative estimate of drug-likeness (QED) is 0.672. The highest BCUT2D eigenvalue weighted by Crippen LogP contribution is 2.29. The summed E-state index contributed by atoms with van der Waals surface area (Å²) in [4.78, 5) is 2.27. The molecule has 1 fully saturated rings. The second-order valence-corrected chi connectivity index (χ2v) is 4.77. The fraction of sp³-hybridized carbons (Fsp3) is 1.00. The third-order valence-electron chi connectivity index (χ3n) is 3.11. The van der Waals surface area contributed by atoms with E-state index in [2.05, 4.69) is 25.8 Å². The minimum atomic E-state index is -0.362. The summed E-state index contributed by atoms with van der Waals surface area (Å²) in [6, 6.07) is 0.345. The highest BCUT2D eigenvalue weighted by atomic mass is 16.3. The van der Waals surface area contributed by atoms with Crippen LogP contribution in [-0.2, 0) is 0 Å². The zero-order valence-electron chi connectivity index (χ0n) is 8.95. The number of nitrogens with two attached hydrogens (primary N) is 1. The molecular weight excluding hydrogens is 164 g/mol. The minimum absolute atomic E-state index is 0.106. The Hall–Kier alpha value is -0.120. The summed E-state index contributed by atoms with van der Waals surface area (Å²) in [7, 11) is 2.09. The first kappa shape index (κ1) is 11.0. The maximum atomic E-state index is 9.27. The van der Waals surface area contributed by atoms with Crippen molar-refractivity contribution in [2.24, 2.45) is 11.7 Å². The molecule has 3 heteroatoms. The van der Waals surface area contributed by atoms with Crippen LogP contribution in [0.2, 0.25) is 0 Å². The molecule has 1 saturated heterocycles. The Morgan fingerprint density at radius 1 is 1.62 bits per heavy atom. The molecule has 78 valence electrons. The Morgan fingerprint density at radius 3 is 2.69 bits per heavy atom. The summed E-state index contributed by atoms with van der Waals surface area (Å²) in [6.07, 6.45) is 1.99. The fourth-order valence-corrected chi connectivity index (χ4v) is 2.19. The first-order valence-electron chi connectivity index (χ1n) is 5.09. The SMILES string of the molecule is CC(C)CC1N(C)CCC1(N)CO. The molecule has 2 unspecified atom stereocenters. The Bertz CT molecular complexity index is 172. The normalized spacial score (nSPS) is 36.0. The van der Waals surface area contributed by atoms with Crippen LogP contribution >= 0.6 is 0 Å². The van der Waals surface area contributed by atoms with Gasteiger partial charge in [-0.2, -0.15) is 0 Å². The van der Waals surface area contributed by atoms with Crippen molar-refractivity contribution in [3.05, 3.63) is 0 Å². The number of rotatable bonds is 3. The molecular formula is C10H22N2O. The van der Waals surface area contributed by atoms with E-state index in [-0.39, 0.29) is 12.1 Å². The topological polar surface area (TPSA) is 49.5 Å². The summed E-state index contributed by atoms with van der Waals surface area (Å²) in [5, 5.41) is 9.27. The summed E-state index contributed by atoms with van der Waals surface area (Å²) >= 11 is 0. The van der Waals surface area contributed by atoms with Crippen molar-refractivity contribution in [2.75, 3.05) is 20.2 Å². The molecule has 0 aromatic heterocycles. The monoisotopic (exact) mass is 186 g/mol. The maximum absolute atomic E-state index is 9.27. The van der Waals surface area contributed by atoms with Gasteiger partial charge in [-0.05, 0) is 25.8 Å². The van der Waals surface area contributed by atoms with Crippen molar-refractivity contribution >= 4 is 0 Å². The van der Waals surface area contributed by atoms with Gasteiger partial charge >= 0.3 is 0 Å². The fourth-order valence-electron chi connectivity index (χ4n) is 2.19. The van der Waals surface area contributed by atoms with Gasteiger partial charge in [0.05, 0.1) is 12.1 Å². The largest absolute Gasteiger partial charge is 0.394 e. The van der Waals surface area contributed by atoms with Crippen molar-refractivity contribution in [1.82, 2.24) is 4.90 Å². The van der Waals surface area contributed by atoms with Crippen LogP contribution in [0.3, 0.4) is 0 Å². The van der Waals surface area contributed by atoms with E-state index in [0.717, 1.165) is 19.4 Å². The molecule has 0 aromatic rings. The zero-order chi connectivity index (χ0) is 10.1. The molecule has 0 aromatic carbocycles. The van der Waals surface area contributed by atoms with Gasteiger partial charge in [0.25, 0.3) is 0 Å². The number of aliphatic hydroxyl groups excluding tert-OH is 1. The number of hydrogen-bond acceptors (Lipinski definition) is 3. The van der Waals surface area contributed by atoms with Crippen LogP contribution in [0.5, 0.6) is 0 Å². The molecule has 1 rings (SSSR count). The van der Waals surface area contributed by atoms with Crippen LogP contribution < -0.4 is 5.73 Å². The van der Waals surface area contributed by atoms with Gasteiger partial charge in [-0.15, -0.1) is 0 Å². The number of hydrogen-bond donors (Lipinski definition) is 2. The van der Waals surface area contributed by atoms with Gasteiger partial charge in [0.15, 0.2) is 0 Å². The third-order valence-corrected chi connectivity index (χ3v) is 3.11. The molecule has 0 bridgehead atoms. The molecule has 1 aliphatic rings. The van der Waals surface area contributed by atoms with E-state index >= 15 is 0 Å². The second kappa shape index (κ2) is 3.95. The van der Waals surface area contributed by atoms with Gasteiger partial charge in [0.1, 0.15) is 0 Å². The minimum Gasteiger partial charge on any atom is -0.394 e. The predicted octanol–water partition coefficient (Wildman–Crippen LogP) is 0.426. The van der Waals surface area contributed by atoms with E-state index in [4.69, 9.17) is 5.73 Å². The smallest absolute Gasteiger partial charge is 0.0627 e. The van der Waals surface area contributed by atoms with Crippen molar-refractivity contribution in [1.29, 1.82) is 0 Å². The first-order chi connectivity index (χ1) is 5.99. The van der Waals surface area contributed by atoms with Gasteiger partial charge in [-0.3, -0.25) is 0 Å². The Kier molecular flexibility index (Phi) is 3.33. The van der Waals surface area contributed by atoms with E-state index in [0.29, 0.717) is 12.0 Å². The number of likely N-dealkylation sites (N-methyl/N-ethyl adjacent to an activating group) is 1. The summed E-state index contributed by atoms with van der Waals surface area (Å²) in [5.41, 5.74) is 5.79. The molecule has 1 aliphatic heterocycles. The van der Waals surface area contributed by atoms with Crippen molar-refractivity contribution < 1.29 is 5.11 Å². The highest BCUT2D eigenvalue weighted by Gasteiger charge is 2.42. The van der Waals surface area contributed by atoms with Crippen LogP contribution in [0, 0.1) is 5.92 Å². The molecule has 3 N–H and O–H groups in total. The Labute approximate surface area is 80.9 Å². The average Bonchev–Trinajstić information content (AvgIpc) is 2.33. The van der Waals surface area contributed by atoms with Crippen LogP contribution in [0.25, 0.3) is 0 Å². The van der Waals surface area contributed by atoms with Crippen LogP contribution in [-0.4, -0.2) is 41.8 Å². The van der Waals surface area contributed by atoms with E-state index in [1.807, 2.05) is 0 Å². The molecule has 0 amide bonds. The average molecular weight is 186 g/mol. The molecule has 3 nitrogen and oxygen atoms in total. The lowest BCUT2D eigenvalue weighted by Gasteiger charge is -2.33. The summed E-state index contributed by atoms with van der Waals surface area (Å²) < 4.78 is 0. The van der Waals surface area contributed by atoms with Crippen molar-refractivity contribution in [3.63, 3.8) is 0 Å². The van der Waals surface area contributed by atoms with Crippen LogP contribution in [0.4, 0.5) is 0 Å². The maximum Gasteiger partial charge on any atom is 0.0627 e. The molecule has 0 radical (unpaired) electrons. The third kappa shape index (κ3) is 2.22. The van der Waals surface area contributed by atoms with E-state index in [1.165, 1.54) is 0 Å². The lowest BCUT2D eigenvalue weighted by atomic mass is 9.87. The Morgan fingerprint density at radius 2 is 2.23 bits per heavy atom. The Balaban J connectivity index is 2.65. The lowest BCUT2D eigenvalue weighted by molar-refractivity contribution is 0.137. The van der Waals surface area contributed by atoms with Crippen LogP contribution in [0.1, 0.15) is 26.7 Å². The number of aliphatic hydroxyl groups is 1. The van der Waals surface area contributed by atoms with Crippen LogP contribution in [0.15, 0.2) is 0 Å². The second-order valence-electron chi connectivity index (χ2n) is 4.77. The van der Waals surface area contributed by atoms with Gasteiger partial charge in [0.2, 0.25) is 0 Å². The lowest BCUT2D eigenvalue weighted by Crippen LogP contribution is -2.54. The zero-order valence-corrected chi connectivity index (χ0v) is 8.95. The van der Waals surface area contributed by atoms with Crippen molar-refractivity contribution in [3.8, 4) is 0 Å². The molecule has 0 saturated carbocycles. The molecule has 0 spiro atoms. The standard InChI is InChI=1S/C10H22N2O/c1-8(2)6-9-10(11,7-13)4-5-12(9)3/h8-9,13H,4-7,11H2,1-3H3. The first-order valence-corrected chi connectivity index (χ1v) is 5.09. The molecule has 13 heavy (non-hydrogen) atoms. The summed E-state index contributed by atoms with van der Waals surface area (Å²) in [5.74, 6) is 0.639. The number of nitrogens with zero attached hydrogens (tertiary/aromatic N) is 1. The molecule has 1 heterocycles. The predicted molar refractivity (Wildman–Crippen MR) is 54.5 cm³/mol. The molecule has 0 aliphatic carbocycles. The summed E-state index contributed by atoms with van der Waals surface area (Å²) in [6.45, 7) is 5.51.